The van der Waals surface area contributed by atoms with Crippen LogP contribution in [0.2, 0.25) is 0 Å². The molecule has 0 atom stereocenters. The van der Waals surface area contributed by atoms with E-state index < -0.39 is 0 Å². The second kappa shape index (κ2) is 6.83. The summed E-state index contributed by atoms with van der Waals surface area (Å²) in [7, 11) is 1.37. The van der Waals surface area contributed by atoms with E-state index in [1.165, 1.54) is 7.11 Å². The zero-order valence-corrected chi connectivity index (χ0v) is 12.2. The zero-order chi connectivity index (χ0) is 14.4. The van der Waals surface area contributed by atoms with Crippen LogP contribution in [0.4, 0.5) is 0 Å². The number of hydrogen-bond donors (Lipinski definition) is 0. The highest BCUT2D eigenvalue weighted by Gasteiger charge is 2.08. The first kappa shape index (κ1) is 14.2. The lowest BCUT2D eigenvalue weighted by Crippen LogP contribution is -2.03. The lowest BCUT2D eigenvalue weighted by atomic mass is 10.1. The topological polar surface area (TPSA) is 26.3 Å². The predicted molar refractivity (Wildman–Crippen MR) is 82.0 cm³/mol. The van der Waals surface area contributed by atoms with Gasteiger partial charge in [0.2, 0.25) is 0 Å². The Hall–Kier alpha value is -2.18. The van der Waals surface area contributed by atoms with E-state index in [0.29, 0.717) is 11.1 Å². The fraction of sp³-hybridized carbons (Fsp3) is 0.118. The average molecular weight is 282 g/mol. The summed E-state index contributed by atoms with van der Waals surface area (Å²) in [5, 5.41) is 0. The zero-order valence-electron chi connectivity index (χ0n) is 11.3. The molecule has 100 valence electrons. The lowest BCUT2D eigenvalue weighted by molar-refractivity contribution is 0.0600. The number of methoxy groups -OCH3 is 1. The van der Waals surface area contributed by atoms with Crippen molar-refractivity contribution in [2.75, 3.05) is 13.4 Å². The maximum Gasteiger partial charge on any atom is 0.339 e. The van der Waals surface area contributed by atoms with Crippen LogP contribution < -0.4 is 0 Å². The van der Waals surface area contributed by atoms with Crippen LogP contribution in [0, 0.1) is 11.8 Å². The number of thioether (sulfide) groups is 1. The predicted octanol–water partition coefficient (Wildman–Crippen LogP) is 3.59. The van der Waals surface area contributed by atoms with Gasteiger partial charge in [0.25, 0.3) is 0 Å². The van der Waals surface area contributed by atoms with Crippen molar-refractivity contribution in [1.29, 1.82) is 0 Å². The minimum absolute atomic E-state index is 0.368. The molecule has 3 heteroatoms. The van der Waals surface area contributed by atoms with Crippen LogP contribution in [0.3, 0.4) is 0 Å². The van der Waals surface area contributed by atoms with Crippen molar-refractivity contribution in [1.82, 2.24) is 0 Å². The Balaban J connectivity index is 2.41. The van der Waals surface area contributed by atoms with Crippen LogP contribution >= 0.6 is 11.8 Å². The summed E-state index contributed by atoms with van der Waals surface area (Å²) < 4.78 is 4.76. The molecule has 0 heterocycles. The Morgan fingerprint density at radius 3 is 2.30 bits per heavy atom. The van der Waals surface area contributed by atoms with E-state index in [0.717, 1.165) is 10.5 Å². The van der Waals surface area contributed by atoms with E-state index in [-0.39, 0.29) is 5.97 Å². The quantitative estimate of drug-likeness (QED) is 0.478. The van der Waals surface area contributed by atoms with Gasteiger partial charge in [-0.1, -0.05) is 36.1 Å². The minimum atomic E-state index is -0.368. The second-order valence-corrected chi connectivity index (χ2v) is 4.84. The monoisotopic (exact) mass is 282 g/mol. The molecule has 2 rings (SSSR count). The Labute approximate surface area is 123 Å². The lowest BCUT2D eigenvalue weighted by Gasteiger charge is -2.02. The molecule has 2 nitrogen and oxygen atoms in total. The summed E-state index contributed by atoms with van der Waals surface area (Å²) in [5.41, 5.74) is 2.12. The molecule has 0 aliphatic rings. The fourth-order valence-corrected chi connectivity index (χ4v) is 2.32. The normalized spacial score (nSPS) is 9.50. The van der Waals surface area contributed by atoms with Crippen molar-refractivity contribution in [2.45, 2.75) is 4.90 Å². The van der Waals surface area contributed by atoms with E-state index in [4.69, 9.17) is 4.74 Å². The molecule has 0 amide bonds. The summed E-state index contributed by atoms with van der Waals surface area (Å²) in [4.78, 5) is 12.8. The molecule has 0 N–H and O–H groups in total. The van der Waals surface area contributed by atoms with Gasteiger partial charge in [-0.15, -0.1) is 11.8 Å². The second-order valence-electron chi connectivity index (χ2n) is 3.99. The van der Waals surface area contributed by atoms with Crippen LogP contribution in [0.25, 0.3) is 0 Å². The number of hydrogen-bond acceptors (Lipinski definition) is 3. The van der Waals surface area contributed by atoms with Gasteiger partial charge in [-0.2, -0.15) is 0 Å². The maximum absolute atomic E-state index is 11.7. The van der Waals surface area contributed by atoms with Crippen molar-refractivity contribution in [2.24, 2.45) is 0 Å². The number of carbonyl (C=O) groups is 1. The molecule has 0 aliphatic carbocycles. The Morgan fingerprint density at radius 1 is 1.00 bits per heavy atom. The van der Waals surface area contributed by atoms with Gasteiger partial charge in [0.15, 0.2) is 0 Å². The Kier molecular flexibility index (Phi) is 4.86. The highest BCUT2D eigenvalue weighted by molar-refractivity contribution is 7.98. The van der Waals surface area contributed by atoms with Gasteiger partial charge in [0.1, 0.15) is 0 Å². The molecule has 2 aromatic rings. The van der Waals surface area contributed by atoms with Crippen molar-refractivity contribution >= 4 is 17.7 Å². The Bertz CT molecular complexity index is 681. The van der Waals surface area contributed by atoms with Crippen LogP contribution in [-0.4, -0.2) is 19.3 Å². The van der Waals surface area contributed by atoms with Crippen LogP contribution in [0.1, 0.15) is 21.5 Å². The van der Waals surface area contributed by atoms with E-state index in [1.807, 2.05) is 42.7 Å². The standard InChI is InChI=1S/C17H14O2S/c1-19-17(18)15-9-5-3-7-13(15)11-12-14-8-4-6-10-16(14)20-2/h3-10H,1-2H3. The molecule has 0 aromatic heterocycles. The number of ether oxygens (including phenoxy) is 1. The first-order valence-corrected chi connectivity index (χ1v) is 7.31. The number of carbonyl (C=O) groups excluding carboxylic acids is 1. The average Bonchev–Trinajstić information content (AvgIpc) is 2.52. The van der Waals surface area contributed by atoms with Crippen molar-refractivity contribution < 1.29 is 9.53 Å². The van der Waals surface area contributed by atoms with E-state index in [9.17, 15) is 4.79 Å². The van der Waals surface area contributed by atoms with E-state index in [1.54, 1.807) is 23.9 Å². The Morgan fingerprint density at radius 2 is 1.60 bits per heavy atom. The van der Waals surface area contributed by atoms with Gasteiger partial charge in [-0.05, 0) is 30.5 Å². The first-order chi connectivity index (χ1) is 9.76. The maximum atomic E-state index is 11.7. The molecular formula is C17H14O2S. The van der Waals surface area contributed by atoms with Crippen molar-refractivity contribution in [3.8, 4) is 11.8 Å². The number of rotatable bonds is 2. The highest BCUT2D eigenvalue weighted by atomic mass is 32.2. The molecular weight excluding hydrogens is 268 g/mol. The van der Waals surface area contributed by atoms with Crippen molar-refractivity contribution in [3.05, 3.63) is 65.2 Å². The van der Waals surface area contributed by atoms with Crippen LogP contribution in [-0.2, 0) is 4.74 Å². The van der Waals surface area contributed by atoms with E-state index in [2.05, 4.69) is 11.8 Å². The van der Waals surface area contributed by atoms with Gasteiger partial charge >= 0.3 is 5.97 Å². The van der Waals surface area contributed by atoms with Gasteiger partial charge in [-0.25, -0.2) is 4.79 Å². The summed E-state index contributed by atoms with van der Waals surface area (Å²) in [6, 6.07) is 15.1. The molecule has 20 heavy (non-hydrogen) atoms. The van der Waals surface area contributed by atoms with Crippen LogP contribution in [0.5, 0.6) is 0 Å². The third-order valence-electron chi connectivity index (χ3n) is 2.77. The molecule has 0 bridgehead atoms. The van der Waals surface area contributed by atoms with Gasteiger partial charge in [0, 0.05) is 16.0 Å². The first-order valence-electron chi connectivity index (χ1n) is 6.08. The summed E-state index contributed by atoms with van der Waals surface area (Å²) in [6.45, 7) is 0. The molecule has 0 aliphatic heterocycles. The summed E-state index contributed by atoms with van der Waals surface area (Å²) in [6.07, 6.45) is 2.02. The molecule has 0 unspecified atom stereocenters. The molecule has 0 saturated heterocycles. The third-order valence-corrected chi connectivity index (χ3v) is 3.57. The molecule has 2 aromatic carbocycles. The number of esters is 1. The minimum Gasteiger partial charge on any atom is -0.465 e. The van der Waals surface area contributed by atoms with Gasteiger partial charge in [-0.3, -0.25) is 0 Å². The largest absolute Gasteiger partial charge is 0.465 e. The molecule has 0 spiro atoms. The van der Waals surface area contributed by atoms with Crippen molar-refractivity contribution in [3.63, 3.8) is 0 Å². The van der Waals surface area contributed by atoms with Crippen LogP contribution in [0.15, 0.2) is 53.4 Å². The highest BCUT2D eigenvalue weighted by Crippen LogP contribution is 2.19. The summed E-state index contributed by atoms with van der Waals surface area (Å²) in [5.74, 6) is 5.81. The number of benzene rings is 2. The van der Waals surface area contributed by atoms with Gasteiger partial charge in [0.05, 0.1) is 12.7 Å². The SMILES string of the molecule is COC(=O)c1ccccc1C#Cc1ccccc1SC. The smallest absolute Gasteiger partial charge is 0.339 e. The fourth-order valence-electron chi connectivity index (χ4n) is 1.76. The van der Waals surface area contributed by atoms with Gasteiger partial charge < -0.3 is 4.74 Å². The molecule has 0 saturated carbocycles. The molecule has 0 radical (unpaired) electrons. The van der Waals surface area contributed by atoms with E-state index >= 15 is 0 Å². The summed E-state index contributed by atoms with van der Waals surface area (Å²) >= 11 is 1.65. The molecule has 0 fully saturated rings. The third kappa shape index (κ3) is 3.23.